The number of carbonyl (C=O) groups excluding carboxylic acids is 2. The van der Waals surface area contributed by atoms with Crippen LogP contribution in [0.5, 0.6) is 23.0 Å². The number of aliphatic hydroxyl groups excluding tert-OH is 2. The normalized spacial score (nSPS) is 15.5. The third-order valence-corrected chi connectivity index (χ3v) is 11.1. The number of phenolic OH excluding ortho intramolecular Hbond substituents is 2. The van der Waals surface area contributed by atoms with Crippen LogP contribution in [0.2, 0.25) is 0 Å². The lowest BCUT2D eigenvalue weighted by Crippen LogP contribution is -2.15. The summed E-state index contributed by atoms with van der Waals surface area (Å²) >= 11 is 5.07. The molecule has 3 aromatic carbocycles. The second-order valence-corrected chi connectivity index (χ2v) is 16.7. The van der Waals surface area contributed by atoms with Crippen molar-refractivity contribution < 1.29 is 49.0 Å². The standard InChI is InChI=1S/C19H32.C14H20O3.C11H14O3.C8H8O2.C3H5ClO.C2H6.2C2H4.CH4O/c1-3-5-17-10-12-19(13-11-17)15-14-18-8-6-16(4-2)7-9-18;1-3-5-12(2)16-10-4-11-17-14-8-6-13(15)7-9-14;1-13-7-2-8-14-11-5-3-10(9-12)4-6-11;1-6(9)7-2-4-8(10)5-3-7;4-2-1-3-5;4*1-2/h16-19H,3-13H2,1-2H3;6-9,15H,2-5,10-11H2,1H3;3-6,9H,2,7-8H2,1H3;2-5,9-10H,1H2;3H,1-2H2;1-2H3;2*1-2H2;2H,1H3. The van der Waals surface area contributed by atoms with E-state index in [-0.39, 0.29) is 17.3 Å². The predicted molar refractivity (Wildman–Crippen MR) is 309 cm³/mol. The highest BCUT2D eigenvalue weighted by atomic mass is 35.5. The maximum atomic E-state index is 10.4. The number of aromatic hydroxyl groups is 2. The number of hydrogen-bond acceptors (Lipinski definition) is 10. The molecule has 0 unspecified atom stereocenters. The summed E-state index contributed by atoms with van der Waals surface area (Å²) < 4.78 is 21.2. The zero-order valence-corrected chi connectivity index (χ0v) is 46.9. The van der Waals surface area contributed by atoms with E-state index in [1.165, 1.54) is 82.8 Å². The first kappa shape index (κ1) is 74.1. The number of aldehydes is 2. The van der Waals surface area contributed by atoms with Crippen molar-refractivity contribution in [2.75, 3.05) is 46.5 Å². The van der Waals surface area contributed by atoms with Crippen LogP contribution in [0.4, 0.5) is 0 Å². The Morgan fingerprint density at radius 3 is 1.47 bits per heavy atom. The van der Waals surface area contributed by atoms with Crippen molar-refractivity contribution >= 4 is 29.9 Å². The average molecular weight is 1040 g/mol. The number of benzene rings is 3. The summed E-state index contributed by atoms with van der Waals surface area (Å²) in [7, 11) is 2.67. The molecule has 5 rings (SSSR count). The van der Waals surface area contributed by atoms with E-state index >= 15 is 0 Å². The second kappa shape index (κ2) is 55.8. The molecule has 0 radical (unpaired) electrons. The zero-order chi connectivity index (χ0) is 55.9. The molecule has 4 N–H and O–H groups in total. The van der Waals surface area contributed by atoms with Crippen LogP contribution in [0.25, 0.3) is 5.76 Å². The van der Waals surface area contributed by atoms with Crippen molar-refractivity contribution in [2.45, 2.75) is 137 Å². The minimum atomic E-state index is 0.0139. The van der Waals surface area contributed by atoms with E-state index in [9.17, 15) is 9.59 Å². The zero-order valence-electron chi connectivity index (χ0n) is 46.1. The van der Waals surface area contributed by atoms with Gasteiger partial charge in [-0.15, -0.1) is 37.9 Å². The molecular weight excluding hydrogens is 940 g/mol. The largest absolute Gasteiger partial charge is 0.508 e. The molecule has 11 heteroatoms. The Bertz CT molecular complexity index is 1750. The molecule has 73 heavy (non-hydrogen) atoms. The highest BCUT2D eigenvalue weighted by Crippen LogP contribution is 2.33. The summed E-state index contributed by atoms with van der Waals surface area (Å²) in [4.78, 5) is 19.7. The number of alkyl halides is 1. The number of ether oxygens (including phenoxy) is 4. The lowest BCUT2D eigenvalue weighted by molar-refractivity contribution is -0.107. The lowest BCUT2D eigenvalue weighted by Gasteiger charge is -2.26. The molecule has 2 fully saturated rings. The third-order valence-electron chi connectivity index (χ3n) is 10.9. The van der Waals surface area contributed by atoms with Gasteiger partial charge in [-0.05, 0) is 142 Å². The Balaban J connectivity index is -0.000000409. The molecule has 2 aliphatic rings. The van der Waals surface area contributed by atoms with E-state index in [2.05, 4.69) is 72.1 Å². The van der Waals surface area contributed by atoms with Crippen LogP contribution in [-0.4, -0.2) is 79.5 Å². The van der Waals surface area contributed by atoms with Crippen LogP contribution in [0.1, 0.15) is 153 Å². The van der Waals surface area contributed by atoms with Gasteiger partial charge in [-0.3, -0.25) is 4.79 Å². The number of rotatable bonds is 20. The fourth-order valence-corrected chi connectivity index (χ4v) is 7.14. The number of allylic oxidation sites excluding steroid dienone is 1. The number of halogens is 1. The maximum Gasteiger partial charge on any atom is 0.150 e. The van der Waals surface area contributed by atoms with Crippen LogP contribution >= 0.6 is 11.6 Å². The summed E-state index contributed by atoms with van der Waals surface area (Å²) in [6.07, 6.45) is 21.2. The third kappa shape index (κ3) is 43.8. The molecule has 0 atom stereocenters. The predicted octanol–water partition coefficient (Wildman–Crippen LogP) is 16.2. The first-order chi connectivity index (χ1) is 35.5. The van der Waals surface area contributed by atoms with Gasteiger partial charge < -0.3 is 44.2 Å². The van der Waals surface area contributed by atoms with Gasteiger partial charge in [0, 0.05) is 75.4 Å². The molecule has 0 aliphatic heterocycles. The van der Waals surface area contributed by atoms with Crippen molar-refractivity contribution in [1.82, 2.24) is 0 Å². The highest BCUT2D eigenvalue weighted by molar-refractivity contribution is 6.18. The van der Waals surface area contributed by atoms with Gasteiger partial charge in [0.2, 0.25) is 0 Å². The van der Waals surface area contributed by atoms with Gasteiger partial charge in [0.25, 0.3) is 0 Å². The van der Waals surface area contributed by atoms with Crippen LogP contribution in [0, 0.1) is 35.5 Å². The average Bonchev–Trinajstić information content (AvgIpc) is 3.44. The van der Waals surface area contributed by atoms with E-state index < -0.39 is 0 Å². The molecule has 412 valence electrons. The monoisotopic (exact) mass is 1040 g/mol. The van der Waals surface area contributed by atoms with Gasteiger partial charge in [0.15, 0.2) is 0 Å². The fourth-order valence-electron chi connectivity index (χ4n) is 7.05. The Hall–Kier alpha value is -5.47. The van der Waals surface area contributed by atoms with E-state index in [4.69, 9.17) is 51.0 Å². The summed E-state index contributed by atoms with van der Waals surface area (Å²) in [5, 5.41) is 33.8. The van der Waals surface area contributed by atoms with Crippen molar-refractivity contribution in [1.29, 1.82) is 0 Å². The SMILES string of the molecule is C=C.C=C.C=C(CCC)OCCCOc1ccc(O)cc1.C=C(O)c1ccc(O)cc1.CC.CCCC1CCC(C#CC2CCC(CC)CC2)CC1.CO.COCCCOc1ccc(C=O)cc1.O=CCCCl. The summed E-state index contributed by atoms with van der Waals surface area (Å²) in [5.74, 6) is 14.0. The van der Waals surface area contributed by atoms with Crippen LogP contribution in [0.15, 0.2) is 118 Å². The van der Waals surface area contributed by atoms with E-state index in [0.717, 1.165) is 86.3 Å². The minimum absolute atomic E-state index is 0.0139. The highest BCUT2D eigenvalue weighted by Gasteiger charge is 2.21. The molecule has 2 saturated carbocycles. The van der Waals surface area contributed by atoms with Crippen LogP contribution in [0.3, 0.4) is 0 Å². The maximum absolute atomic E-state index is 10.4. The molecule has 0 saturated heterocycles. The smallest absolute Gasteiger partial charge is 0.150 e. The van der Waals surface area contributed by atoms with Gasteiger partial charge in [0.1, 0.15) is 41.3 Å². The molecule has 2 aliphatic carbocycles. The van der Waals surface area contributed by atoms with E-state index in [0.29, 0.717) is 49.9 Å². The second-order valence-electron chi connectivity index (χ2n) is 16.3. The Morgan fingerprint density at radius 2 is 1.10 bits per heavy atom. The Kier molecular flexibility index (Phi) is 56.6. The quantitative estimate of drug-likeness (QED) is 0.0215. The first-order valence-corrected chi connectivity index (χ1v) is 26.6. The number of carbonyl (C=O) groups is 2. The molecule has 3 aromatic rings. The fraction of sp³-hybridized carbons (Fsp3) is 0.516. The Morgan fingerprint density at radius 1 is 0.658 bits per heavy atom. The minimum Gasteiger partial charge on any atom is -0.508 e. The van der Waals surface area contributed by atoms with Crippen LogP contribution < -0.4 is 9.47 Å². The van der Waals surface area contributed by atoms with Crippen molar-refractivity contribution in [3.05, 3.63) is 129 Å². The van der Waals surface area contributed by atoms with Gasteiger partial charge >= 0.3 is 0 Å². The van der Waals surface area contributed by atoms with Gasteiger partial charge in [-0.1, -0.05) is 78.9 Å². The van der Waals surface area contributed by atoms with Gasteiger partial charge in [0.05, 0.1) is 25.6 Å². The number of aliphatic hydroxyl groups is 2. The molecule has 10 nitrogen and oxygen atoms in total. The van der Waals surface area contributed by atoms with Gasteiger partial charge in [-0.2, -0.15) is 0 Å². The van der Waals surface area contributed by atoms with Crippen molar-refractivity contribution in [3.8, 4) is 34.8 Å². The van der Waals surface area contributed by atoms with Gasteiger partial charge in [-0.25, -0.2) is 0 Å². The van der Waals surface area contributed by atoms with Crippen molar-refractivity contribution in [3.63, 3.8) is 0 Å². The number of methoxy groups -OCH3 is 1. The van der Waals surface area contributed by atoms with Crippen LogP contribution in [-0.2, 0) is 14.3 Å². The van der Waals surface area contributed by atoms with E-state index in [1.54, 1.807) is 67.8 Å². The Labute approximate surface area is 448 Å². The van der Waals surface area contributed by atoms with E-state index in [1.807, 2.05) is 13.8 Å². The molecule has 0 heterocycles. The van der Waals surface area contributed by atoms with Crippen molar-refractivity contribution in [2.24, 2.45) is 23.7 Å². The topological polar surface area (TPSA) is 152 Å². The molecule has 0 bridgehead atoms. The molecule has 0 amide bonds. The molecule has 0 aromatic heterocycles. The lowest BCUT2D eigenvalue weighted by atomic mass is 9.79. The number of hydrogen-bond donors (Lipinski definition) is 4. The summed E-state index contributed by atoms with van der Waals surface area (Å²) in [6.45, 7) is 32.5. The molecular formula is C62H97ClO10. The number of phenols is 2. The summed E-state index contributed by atoms with van der Waals surface area (Å²) in [6, 6.07) is 19.9. The molecule has 0 spiro atoms. The summed E-state index contributed by atoms with van der Waals surface area (Å²) in [5.41, 5.74) is 1.28. The first-order valence-electron chi connectivity index (χ1n) is 26.0.